The maximum Gasteiger partial charge on any atom is 0.261 e. The van der Waals surface area contributed by atoms with E-state index in [1.54, 1.807) is 6.20 Å². The molecule has 2 aromatic rings. The fourth-order valence-corrected chi connectivity index (χ4v) is 3.14. The first-order valence-corrected chi connectivity index (χ1v) is 8.37. The number of aryl methyl sites for hydroxylation is 1. The van der Waals surface area contributed by atoms with Crippen molar-refractivity contribution in [1.82, 2.24) is 20.0 Å². The summed E-state index contributed by atoms with van der Waals surface area (Å²) in [5, 5.41) is 3.87. The molecule has 0 N–H and O–H groups in total. The number of hydrogen-bond donors (Lipinski definition) is 0. The third-order valence-corrected chi connectivity index (χ3v) is 4.15. The van der Waals surface area contributed by atoms with E-state index in [0.29, 0.717) is 11.7 Å². The van der Waals surface area contributed by atoms with Gasteiger partial charge < -0.3 is 14.2 Å². The lowest BCUT2D eigenvalue weighted by Gasteiger charge is -2.36. The molecule has 1 aliphatic rings. The zero-order valence-electron chi connectivity index (χ0n) is 14.8. The fraction of sp³-hybridized carbons (Fsp3) is 0.588. The van der Waals surface area contributed by atoms with E-state index in [0.717, 1.165) is 37.6 Å². The van der Waals surface area contributed by atoms with Gasteiger partial charge in [-0.1, -0.05) is 5.16 Å². The number of ether oxygens (including phenoxy) is 1. The molecule has 0 spiro atoms. The van der Waals surface area contributed by atoms with Crippen LogP contribution in [0.4, 0.5) is 5.82 Å². The van der Waals surface area contributed by atoms with Gasteiger partial charge in [0.05, 0.1) is 17.8 Å². The molecule has 0 bridgehead atoms. The van der Waals surface area contributed by atoms with Crippen molar-refractivity contribution in [3.05, 3.63) is 24.2 Å². The lowest BCUT2D eigenvalue weighted by molar-refractivity contribution is -0.0670. The van der Waals surface area contributed by atoms with Crippen molar-refractivity contribution in [2.45, 2.75) is 33.0 Å². The molecule has 1 fully saturated rings. The van der Waals surface area contributed by atoms with Gasteiger partial charge in [-0.3, -0.25) is 4.90 Å². The maximum atomic E-state index is 5.79. The molecule has 130 valence electrons. The summed E-state index contributed by atoms with van der Waals surface area (Å²) in [6.45, 7) is 9.84. The standard InChI is InChI=1S/C17H25N5O2/c1-12-10-22(11-13(2)23-12)9-8-21(4)16-15(6-5-7-18-16)17-19-14(3)20-24-17/h5-7,12-13H,8-11H2,1-4H3/t12-,13+. The first-order chi connectivity index (χ1) is 11.5. The van der Waals surface area contributed by atoms with Crippen LogP contribution in [0.15, 0.2) is 22.9 Å². The Hall–Kier alpha value is -1.99. The van der Waals surface area contributed by atoms with Gasteiger partial charge in [-0.25, -0.2) is 4.98 Å². The SMILES string of the molecule is Cc1noc(-c2cccnc2N(C)CCN2C[C@@H](C)O[C@@H](C)C2)n1. The largest absolute Gasteiger partial charge is 0.373 e. The molecule has 3 heterocycles. The predicted octanol–water partition coefficient (Wildman–Crippen LogP) is 1.99. The van der Waals surface area contributed by atoms with Crippen LogP contribution >= 0.6 is 0 Å². The van der Waals surface area contributed by atoms with Crippen molar-refractivity contribution in [2.24, 2.45) is 0 Å². The second-order valence-corrected chi connectivity index (χ2v) is 6.46. The fourth-order valence-electron chi connectivity index (χ4n) is 3.14. The Morgan fingerprint density at radius 1 is 1.29 bits per heavy atom. The quantitative estimate of drug-likeness (QED) is 0.830. The average molecular weight is 331 g/mol. The van der Waals surface area contributed by atoms with E-state index in [9.17, 15) is 0 Å². The molecule has 0 unspecified atom stereocenters. The van der Waals surface area contributed by atoms with E-state index in [1.807, 2.05) is 26.1 Å². The number of pyridine rings is 1. The number of rotatable bonds is 5. The second-order valence-electron chi connectivity index (χ2n) is 6.46. The minimum atomic E-state index is 0.283. The smallest absolute Gasteiger partial charge is 0.261 e. The summed E-state index contributed by atoms with van der Waals surface area (Å²) in [6, 6.07) is 3.85. The van der Waals surface area contributed by atoms with Crippen LogP contribution in [0.3, 0.4) is 0 Å². The summed E-state index contributed by atoms with van der Waals surface area (Å²) in [5.41, 5.74) is 0.865. The average Bonchev–Trinajstić information content (AvgIpc) is 2.98. The van der Waals surface area contributed by atoms with Gasteiger partial charge in [-0.2, -0.15) is 4.98 Å². The third kappa shape index (κ3) is 3.91. The molecule has 1 saturated heterocycles. The predicted molar refractivity (Wildman–Crippen MR) is 92.0 cm³/mol. The highest BCUT2D eigenvalue weighted by atomic mass is 16.5. The Labute approximate surface area is 142 Å². The van der Waals surface area contributed by atoms with Gasteiger partial charge >= 0.3 is 0 Å². The number of morpholine rings is 1. The van der Waals surface area contributed by atoms with E-state index >= 15 is 0 Å². The van der Waals surface area contributed by atoms with Crippen molar-refractivity contribution in [1.29, 1.82) is 0 Å². The monoisotopic (exact) mass is 331 g/mol. The van der Waals surface area contributed by atoms with E-state index < -0.39 is 0 Å². The van der Waals surface area contributed by atoms with Crippen LogP contribution in [-0.4, -0.2) is 65.5 Å². The maximum absolute atomic E-state index is 5.79. The topological polar surface area (TPSA) is 67.5 Å². The summed E-state index contributed by atoms with van der Waals surface area (Å²) >= 11 is 0. The number of anilines is 1. The van der Waals surface area contributed by atoms with Crippen LogP contribution in [0.5, 0.6) is 0 Å². The highest BCUT2D eigenvalue weighted by Gasteiger charge is 2.22. The molecule has 24 heavy (non-hydrogen) atoms. The highest BCUT2D eigenvalue weighted by molar-refractivity contribution is 5.69. The second kappa shape index (κ2) is 7.27. The van der Waals surface area contributed by atoms with Gasteiger partial charge in [-0.15, -0.1) is 0 Å². The van der Waals surface area contributed by atoms with Crippen LogP contribution in [0.25, 0.3) is 11.5 Å². The minimum absolute atomic E-state index is 0.283. The summed E-state index contributed by atoms with van der Waals surface area (Å²) in [7, 11) is 2.04. The molecule has 0 radical (unpaired) electrons. The molecule has 0 aromatic carbocycles. The highest BCUT2D eigenvalue weighted by Crippen LogP contribution is 2.26. The van der Waals surface area contributed by atoms with Gasteiger partial charge in [0.1, 0.15) is 5.82 Å². The van der Waals surface area contributed by atoms with E-state index in [1.165, 1.54) is 0 Å². The molecule has 2 aromatic heterocycles. The van der Waals surface area contributed by atoms with Crippen LogP contribution in [-0.2, 0) is 4.74 Å². The molecule has 0 aliphatic carbocycles. The van der Waals surface area contributed by atoms with E-state index in [4.69, 9.17) is 9.26 Å². The molecule has 0 amide bonds. The van der Waals surface area contributed by atoms with Gasteiger partial charge in [0, 0.05) is 39.4 Å². The summed E-state index contributed by atoms with van der Waals surface area (Å²) < 4.78 is 11.1. The Morgan fingerprint density at radius 3 is 2.71 bits per heavy atom. The lowest BCUT2D eigenvalue weighted by Crippen LogP contribution is -2.47. The Kier molecular flexibility index (Phi) is 5.11. The molecule has 0 saturated carbocycles. The van der Waals surface area contributed by atoms with Crippen molar-refractivity contribution in [3.8, 4) is 11.5 Å². The molecule has 2 atom stereocenters. The third-order valence-electron chi connectivity index (χ3n) is 4.15. The minimum Gasteiger partial charge on any atom is -0.373 e. The number of likely N-dealkylation sites (N-methyl/N-ethyl adjacent to an activating group) is 1. The van der Waals surface area contributed by atoms with Crippen LogP contribution < -0.4 is 4.90 Å². The van der Waals surface area contributed by atoms with E-state index in [-0.39, 0.29) is 12.2 Å². The van der Waals surface area contributed by atoms with Gasteiger partial charge in [0.15, 0.2) is 5.82 Å². The first-order valence-electron chi connectivity index (χ1n) is 8.37. The Bertz CT molecular complexity index is 665. The molecule has 7 nitrogen and oxygen atoms in total. The van der Waals surface area contributed by atoms with Crippen LogP contribution in [0.2, 0.25) is 0 Å². The van der Waals surface area contributed by atoms with Gasteiger partial charge in [-0.05, 0) is 32.9 Å². The van der Waals surface area contributed by atoms with Crippen molar-refractivity contribution in [2.75, 3.05) is 38.1 Å². The number of aromatic nitrogens is 3. The van der Waals surface area contributed by atoms with Gasteiger partial charge in [0.25, 0.3) is 5.89 Å². The number of nitrogens with zero attached hydrogens (tertiary/aromatic N) is 5. The Morgan fingerprint density at radius 2 is 2.04 bits per heavy atom. The normalized spacial score (nSPS) is 21.8. The number of hydrogen-bond acceptors (Lipinski definition) is 7. The van der Waals surface area contributed by atoms with Crippen LogP contribution in [0.1, 0.15) is 19.7 Å². The first kappa shape index (κ1) is 16.9. The zero-order valence-corrected chi connectivity index (χ0v) is 14.8. The molecule has 7 heteroatoms. The summed E-state index contributed by atoms with van der Waals surface area (Å²) in [6.07, 6.45) is 2.36. The van der Waals surface area contributed by atoms with Crippen molar-refractivity contribution < 1.29 is 9.26 Å². The molecule has 3 rings (SSSR count). The molecular weight excluding hydrogens is 306 g/mol. The van der Waals surface area contributed by atoms with Crippen molar-refractivity contribution in [3.63, 3.8) is 0 Å². The Balaban J connectivity index is 1.68. The zero-order chi connectivity index (χ0) is 17.1. The molecule has 1 aliphatic heterocycles. The summed E-state index contributed by atoms with van der Waals surface area (Å²) in [5.74, 6) is 1.99. The van der Waals surface area contributed by atoms with Crippen molar-refractivity contribution >= 4 is 5.82 Å². The van der Waals surface area contributed by atoms with Crippen LogP contribution in [0, 0.1) is 6.92 Å². The summed E-state index contributed by atoms with van der Waals surface area (Å²) in [4.78, 5) is 13.4. The lowest BCUT2D eigenvalue weighted by atomic mass is 10.2. The van der Waals surface area contributed by atoms with E-state index in [2.05, 4.69) is 38.8 Å². The van der Waals surface area contributed by atoms with Gasteiger partial charge in [0.2, 0.25) is 0 Å². The molecular formula is C17H25N5O2.